The maximum atomic E-state index is 5.74. The van der Waals surface area contributed by atoms with Crippen LogP contribution >= 0.6 is 0 Å². The summed E-state index contributed by atoms with van der Waals surface area (Å²) in [5.41, 5.74) is 7.61. The summed E-state index contributed by atoms with van der Waals surface area (Å²) in [5.74, 6) is 1.40. The molecule has 16 heavy (non-hydrogen) atoms. The molecule has 82 valence electrons. The van der Waals surface area contributed by atoms with Gasteiger partial charge in [0.15, 0.2) is 0 Å². The molecule has 1 heterocycles. The molecule has 0 aliphatic carbocycles. The zero-order valence-electron chi connectivity index (χ0n) is 9.18. The first-order valence-electron chi connectivity index (χ1n) is 5.18. The molecule has 2 rings (SSSR count). The number of nitrogens with two attached hydrogens (primary N) is 1. The summed E-state index contributed by atoms with van der Waals surface area (Å²) in [4.78, 5) is 4.18. The van der Waals surface area contributed by atoms with Gasteiger partial charge in [0, 0.05) is 18.3 Å². The molecule has 1 aromatic heterocycles. The molecule has 2 aromatic rings. The first-order chi connectivity index (χ1) is 7.81. The lowest BCUT2D eigenvalue weighted by Crippen LogP contribution is -2.01. The molecule has 0 aliphatic heterocycles. The number of aromatic nitrogens is 1. The van der Waals surface area contributed by atoms with E-state index in [1.807, 2.05) is 43.3 Å². The van der Waals surface area contributed by atoms with Crippen LogP contribution in [-0.2, 0) is 6.54 Å². The van der Waals surface area contributed by atoms with Crippen LogP contribution in [-0.4, -0.2) is 4.98 Å². The maximum absolute atomic E-state index is 5.74. The minimum atomic E-state index is 0.426. The fourth-order valence-corrected chi connectivity index (χ4v) is 1.45. The average molecular weight is 214 g/mol. The predicted molar refractivity (Wildman–Crippen MR) is 63.4 cm³/mol. The monoisotopic (exact) mass is 214 g/mol. The van der Waals surface area contributed by atoms with Crippen molar-refractivity contribution >= 4 is 0 Å². The first kappa shape index (κ1) is 10.6. The number of rotatable bonds is 3. The normalized spacial score (nSPS) is 10.1. The molecule has 0 atom stereocenters. The SMILES string of the molecule is Cc1ccccc1Oc1ncccc1CN. The molecular weight excluding hydrogens is 200 g/mol. The highest BCUT2D eigenvalue weighted by atomic mass is 16.5. The summed E-state index contributed by atoms with van der Waals surface area (Å²) < 4.78 is 5.74. The van der Waals surface area contributed by atoms with Crippen LogP contribution in [0.2, 0.25) is 0 Å². The molecule has 0 saturated carbocycles. The van der Waals surface area contributed by atoms with Crippen molar-refractivity contribution in [2.24, 2.45) is 5.73 Å². The Morgan fingerprint density at radius 2 is 2.00 bits per heavy atom. The van der Waals surface area contributed by atoms with E-state index in [1.54, 1.807) is 6.20 Å². The lowest BCUT2D eigenvalue weighted by Gasteiger charge is -2.10. The molecule has 0 radical (unpaired) electrons. The molecule has 0 bridgehead atoms. The largest absolute Gasteiger partial charge is 0.438 e. The van der Waals surface area contributed by atoms with Crippen LogP contribution in [0.3, 0.4) is 0 Å². The standard InChI is InChI=1S/C13H14N2O/c1-10-5-2-3-7-12(10)16-13-11(9-14)6-4-8-15-13/h2-8H,9,14H2,1H3. The molecule has 0 amide bonds. The van der Waals surface area contributed by atoms with Gasteiger partial charge in [-0.1, -0.05) is 24.3 Å². The Labute approximate surface area is 94.9 Å². The van der Waals surface area contributed by atoms with Gasteiger partial charge in [-0.25, -0.2) is 4.98 Å². The fourth-order valence-electron chi connectivity index (χ4n) is 1.45. The van der Waals surface area contributed by atoms with Crippen molar-refractivity contribution in [3.05, 3.63) is 53.7 Å². The van der Waals surface area contributed by atoms with Crippen molar-refractivity contribution in [3.8, 4) is 11.6 Å². The lowest BCUT2D eigenvalue weighted by atomic mass is 10.2. The zero-order valence-corrected chi connectivity index (χ0v) is 9.18. The van der Waals surface area contributed by atoms with Crippen LogP contribution in [0.4, 0.5) is 0 Å². The van der Waals surface area contributed by atoms with Gasteiger partial charge in [0.05, 0.1) is 0 Å². The summed E-state index contributed by atoms with van der Waals surface area (Å²) in [5, 5.41) is 0. The van der Waals surface area contributed by atoms with Gasteiger partial charge in [-0.2, -0.15) is 0 Å². The van der Waals surface area contributed by atoms with Gasteiger partial charge < -0.3 is 10.5 Å². The number of para-hydroxylation sites is 1. The molecule has 0 spiro atoms. The van der Waals surface area contributed by atoms with Gasteiger partial charge in [0.1, 0.15) is 5.75 Å². The molecule has 1 aromatic carbocycles. The Bertz CT molecular complexity index is 483. The number of hydrogen-bond acceptors (Lipinski definition) is 3. The van der Waals surface area contributed by atoms with E-state index in [1.165, 1.54) is 0 Å². The third kappa shape index (κ3) is 2.20. The van der Waals surface area contributed by atoms with Crippen LogP contribution in [0, 0.1) is 6.92 Å². The Hall–Kier alpha value is -1.87. The van der Waals surface area contributed by atoms with Crippen LogP contribution in [0.15, 0.2) is 42.6 Å². The second-order valence-corrected chi connectivity index (χ2v) is 3.54. The predicted octanol–water partition coefficient (Wildman–Crippen LogP) is 2.64. The molecular formula is C13H14N2O. The van der Waals surface area contributed by atoms with Crippen LogP contribution in [0.1, 0.15) is 11.1 Å². The molecule has 0 fully saturated rings. The fraction of sp³-hybridized carbons (Fsp3) is 0.154. The maximum Gasteiger partial charge on any atom is 0.223 e. The summed E-state index contributed by atoms with van der Waals surface area (Å²) in [6, 6.07) is 11.6. The number of pyridine rings is 1. The Balaban J connectivity index is 2.30. The summed E-state index contributed by atoms with van der Waals surface area (Å²) in [6.07, 6.45) is 1.70. The van der Waals surface area contributed by atoms with E-state index in [0.29, 0.717) is 12.4 Å². The van der Waals surface area contributed by atoms with Crippen molar-refractivity contribution in [3.63, 3.8) is 0 Å². The highest BCUT2D eigenvalue weighted by Gasteiger charge is 2.05. The zero-order chi connectivity index (χ0) is 11.4. The number of benzene rings is 1. The highest BCUT2D eigenvalue weighted by Crippen LogP contribution is 2.25. The van der Waals surface area contributed by atoms with Gasteiger partial charge in [0.2, 0.25) is 5.88 Å². The third-order valence-electron chi connectivity index (χ3n) is 2.37. The minimum Gasteiger partial charge on any atom is -0.438 e. The second kappa shape index (κ2) is 4.77. The topological polar surface area (TPSA) is 48.1 Å². The minimum absolute atomic E-state index is 0.426. The summed E-state index contributed by atoms with van der Waals surface area (Å²) >= 11 is 0. The van der Waals surface area contributed by atoms with Crippen molar-refractivity contribution in [1.29, 1.82) is 0 Å². The van der Waals surface area contributed by atoms with Crippen molar-refractivity contribution in [2.75, 3.05) is 0 Å². The summed E-state index contributed by atoms with van der Waals surface area (Å²) in [7, 11) is 0. The Morgan fingerprint density at radius 1 is 1.19 bits per heavy atom. The Kier molecular flexibility index (Phi) is 3.17. The van der Waals surface area contributed by atoms with E-state index >= 15 is 0 Å². The van der Waals surface area contributed by atoms with Gasteiger partial charge in [-0.3, -0.25) is 0 Å². The van der Waals surface area contributed by atoms with Crippen molar-refractivity contribution < 1.29 is 4.74 Å². The molecule has 0 aliphatic rings. The van der Waals surface area contributed by atoms with Crippen LogP contribution < -0.4 is 10.5 Å². The van der Waals surface area contributed by atoms with Gasteiger partial charge in [-0.15, -0.1) is 0 Å². The number of hydrogen-bond donors (Lipinski definition) is 1. The molecule has 3 heteroatoms. The molecule has 3 nitrogen and oxygen atoms in total. The smallest absolute Gasteiger partial charge is 0.223 e. The Morgan fingerprint density at radius 3 is 2.75 bits per heavy atom. The summed E-state index contributed by atoms with van der Waals surface area (Å²) in [6.45, 7) is 2.43. The molecule has 2 N–H and O–H groups in total. The highest BCUT2D eigenvalue weighted by molar-refractivity contribution is 5.37. The van der Waals surface area contributed by atoms with E-state index in [9.17, 15) is 0 Å². The quantitative estimate of drug-likeness (QED) is 0.854. The second-order valence-electron chi connectivity index (χ2n) is 3.54. The van der Waals surface area contributed by atoms with Gasteiger partial charge in [0.25, 0.3) is 0 Å². The number of ether oxygens (including phenoxy) is 1. The molecule has 0 saturated heterocycles. The third-order valence-corrected chi connectivity index (χ3v) is 2.37. The van der Waals surface area contributed by atoms with E-state index in [-0.39, 0.29) is 0 Å². The van der Waals surface area contributed by atoms with Gasteiger partial charge >= 0.3 is 0 Å². The van der Waals surface area contributed by atoms with E-state index < -0.39 is 0 Å². The van der Waals surface area contributed by atoms with Crippen LogP contribution in [0.25, 0.3) is 0 Å². The van der Waals surface area contributed by atoms with Crippen LogP contribution in [0.5, 0.6) is 11.6 Å². The van der Waals surface area contributed by atoms with E-state index in [0.717, 1.165) is 16.9 Å². The van der Waals surface area contributed by atoms with E-state index in [4.69, 9.17) is 10.5 Å². The lowest BCUT2D eigenvalue weighted by molar-refractivity contribution is 0.453. The number of aryl methyl sites for hydroxylation is 1. The van der Waals surface area contributed by atoms with Crippen molar-refractivity contribution in [1.82, 2.24) is 4.98 Å². The van der Waals surface area contributed by atoms with E-state index in [2.05, 4.69) is 4.98 Å². The molecule has 0 unspecified atom stereocenters. The van der Waals surface area contributed by atoms with Gasteiger partial charge in [-0.05, 0) is 24.6 Å². The number of nitrogens with zero attached hydrogens (tertiary/aromatic N) is 1. The van der Waals surface area contributed by atoms with Crippen molar-refractivity contribution in [2.45, 2.75) is 13.5 Å². The average Bonchev–Trinajstić information content (AvgIpc) is 2.33. The first-order valence-corrected chi connectivity index (χ1v) is 5.18.